The zero-order chi connectivity index (χ0) is 23.3. The molecular formula is C22H28BrN3O4S. The summed E-state index contributed by atoms with van der Waals surface area (Å²) < 4.78 is 27.2. The summed E-state index contributed by atoms with van der Waals surface area (Å²) >= 11 is 3.41. The Balaban J connectivity index is 2.45. The van der Waals surface area contributed by atoms with Crippen molar-refractivity contribution < 1.29 is 18.0 Å². The molecule has 2 aromatic rings. The van der Waals surface area contributed by atoms with E-state index >= 15 is 0 Å². The Hall–Kier alpha value is -2.39. The van der Waals surface area contributed by atoms with E-state index < -0.39 is 28.5 Å². The molecule has 1 atom stereocenters. The van der Waals surface area contributed by atoms with Crippen LogP contribution in [-0.2, 0) is 26.2 Å². The first-order chi connectivity index (χ1) is 14.5. The van der Waals surface area contributed by atoms with Crippen LogP contribution in [0.4, 0.5) is 5.69 Å². The van der Waals surface area contributed by atoms with E-state index in [2.05, 4.69) is 21.2 Å². The second-order valence-corrected chi connectivity index (χ2v) is 10.3. The van der Waals surface area contributed by atoms with Crippen molar-refractivity contribution in [3.8, 4) is 0 Å². The highest BCUT2D eigenvalue weighted by atomic mass is 79.9. The van der Waals surface area contributed by atoms with E-state index in [-0.39, 0.29) is 12.5 Å². The summed E-state index contributed by atoms with van der Waals surface area (Å²) in [6, 6.07) is 12.1. The van der Waals surface area contributed by atoms with Gasteiger partial charge >= 0.3 is 0 Å². The first-order valence-electron chi connectivity index (χ1n) is 9.75. The molecule has 0 aliphatic carbocycles. The molecule has 0 aromatic heterocycles. The van der Waals surface area contributed by atoms with Crippen molar-refractivity contribution in [3.63, 3.8) is 0 Å². The van der Waals surface area contributed by atoms with Gasteiger partial charge in [-0.1, -0.05) is 46.3 Å². The number of aryl methyl sites for hydroxylation is 2. The van der Waals surface area contributed by atoms with Crippen LogP contribution in [0, 0.1) is 13.8 Å². The molecule has 0 saturated carbocycles. The molecule has 31 heavy (non-hydrogen) atoms. The molecular weight excluding hydrogens is 482 g/mol. The molecule has 0 fully saturated rings. The van der Waals surface area contributed by atoms with Crippen LogP contribution >= 0.6 is 15.9 Å². The lowest BCUT2D eigenvalue weighted by molar-refractivity contribution is -0.139. The van der Waals surface area contributed by atoms with Crippen molar-refractivity contribution in [2.75, 3.05) is 24.2 Å². The van der Waals surface area contributed by atoms with E-state index in [1.54, 1.807) is 32.9 Å². The van der Waals surface area contributed by atoms with Gasteiger partial charge in [-0.3, -0.25) is 13.9 Å². The van der Waals surface area contributed by atoms with Crippen LogP contribution < -0.4 is 9.62 Å². The molecule has 0 spiro atoms. The summed E-state index contributed by atoms with van der Waals surface area (Å²) in [4.78, 5) is 27.1. The number of nitrogens with one attached hydrogen (secondary N) is 1. The normalized spacial score (nSPS) is 12.2. The standard InChI is InChI=1S/C22H28BrN3O4S/c1-15-8-6-9-16(2)21(15)26(31(5,29)30)14-20(27)25(17(3)22(28)24-4)13-18-10-7-11-19(23)12-18/h6-12,17H,13-14H2,1-5H3,(H,24,28). The van der Waals surface area contributed by atoms with E-state index in [1.165, 1.54) is 11.9 Å². The number of anilines is 1. The predicted octanol–water partition coefficient (Wildman–Crippen LogP) is 3.00. The van der Waals surface area contributed by atoms with E-state index in [1.807, 2.05) is 30.3 Å². The fourth-order valence-electron chi connectivity index (χ4n) is 3.40. The van der Waals surface area contributed by atoms with Crippen LogP contribution in [0.15, 0.2) is 46.9 Å². The number of nitrogens with zero attached hydrogens (tertiary/aromatic N) is 2. The minimum atomic E-state index is -3.74. The van der Waals surface area contributed by atoms with Crippen molar-refractivity contribution in [2.24, 2.45) is 0 Å². The first kappa shape index (κ1) is 24.9. The Bertz CT molecular complexity index is 1050. The van der Waals surface area contributed by atoms with Gasteiger partial charge in [0.2, 0.25) is 21.8 Å². The van der Waals surface area contributed by atoms with Crippen molar-refractivity contribution in [1.29, 1.82) is 0 Å². The highest BCUT2D eigenvalue weighted by Crippen LogP contribution is 2.27. The van der Waals surface area contributed by atoms with Crippen molar-refractivity contribution in [2.45, 2.75) is 33.4 Å². The quantitative estimate of drug-likeness (QED) is 0.592. The maximum absolute atomic E-state index is 13.4. The van der Waals surface area contributed by atoms with Gasteiger partial charge in [-0.15, -0.1) is 0 Å². The average molecular weight is 510 g/mol. The third-order valence-corrected chi connectivity index (χ3v) is 6.63. The van der Waals surface area contributed by atoms with Crippen LogP contribution in [0.3, 0.4) is 0 Å². The van der Waals surface area contributed by atoms with Gasteiger partial charge in [-0.25, -0.2) is 8.42 Å². The number of carbonyl (C=O) groups is 2. The molecule has 1 unspecified atom stereocenters. The molecule has 0 radical (unpaired) electrons. The SMILES string of the molecule is CNC(=O)C(C)N(Cc1cccc(Br)c1)C(=O)CN(c1c(C)cccc1C)S(C)(=O)=O. The van der Waals surface area contributed by atoms with Gasteiger partial charge in [0.25, 0.3) is 0 Å². The van der Waals surface area contributed by atoms with Crippen LogP contribution in [-0.4, -0.2) is 51.0 Å². The largest absolute Gasteiger partial charge is 0.357 e. The Morgan fingerprint density at radius 2 is 1.68 bits per heavy atom. The second kappa shape index (κ2) is 10.3. The zero-order valence-corrected chi connectivity index (χ0v) is 20.7. The van der Waals surface area contributed by atoms with E-state index in [0.717, 1.165) is 31.7 Å². The van der Waals surface area contributed by atoms with Crippen molar-refractivity contribution in [3.05, 3.63) is 63.6 Å². The van der Waals surface area contributed by atoms with Gasteiger partial charge in [-0.2, -0.15) is 0 Å². The van der Waals surface area contributed by atoms with Gasteiger partial charge in [0.05, 0.1) is 11.9 Å². The lowest BCUT2D eigenvalue weighted by Crippen LogP contribution is -2.50. The van der Waals surface area contributed by atoms with Crippen LogP contribution in [0.1, 0.15) is 23.6 Å². The Kier molecular flexibility index (Phi) is 8.25. The van der Waals surface area contributed by atoms with E-state index in [0.29, 0.717) is 5.69 Å². The molecule has 168 valence electrons. The Morgan fingerprint density at radius 3 is 2.19 bits per heavy atom. The molecule has 2 rings (SSSR count). The molecule has 1 N–H and O–H groups in total. The minimum Gasteiger partial charge on any atom is -0.357 e. The van der Waals surface area contributed by atoms with Crippen molar-refractivity contribution >= 4 is 43.5 Å². The van der Waals surface area contributed by atoms with Crippen LogP contribution in [0.25, 0.3) is 0 Å². The fraction of sp³-hybridized carbons (Fsp3) is 0.364. The number of likely N-dealkylation sites (N-methyl/N-ethyl adjacent to an activating group) is 1. The minimum absolute atomic E-state index is 0.164. The summed E-state index contributed by atoms with van der Waals surface area (Å²) in [5.41, 5.74) is 2.79. The number of hydrogen-bond donors (Lipinski definition) is 1. The summed E-state index contributed by atoms with van der Waals surface area (Å²) in [5.74, 6) is -0.800. The topological polar surface area (TPSA) is 86.8 Å². The zero-order valence-electron chi connectivity index (χ0n) is 18.3. The number of sulfonamides is 1. The molecule has 0 heterocycles. The molecule has 0 aliphatic rings. The summed E-state index contributed by atoms with van der Waals surface area (Å²) in [6.45, 7) is 4.99. The molecule has 0 saturated heterocycles. The molecule has 7 nitrogen and oxygen atoms in total. The number of amides is 2. The number of hydrogen-bond acceptors (Lipinski definition) is 4. The Morgan fingerprint density at radius 1 is 1.10 bits per heavy atom. The number of rotatable bonds is 8. The fourth-order valence-corrected chi connectivity index (χ4v) is 4.81. The van der Waals surface area contributed by atoms with Gasteiger partial charge < -0.3 is 10.2 Å². The molecule has 2 amide bonds. The first-order valence-corrected chi connectivity index (χ1v) is 12.4. The monoisotopic (exact) mass is 509 g/mol. The van der Waals surface area contributed by atoms with E-state index in [4.69, 9.17) is 0 Å². The molecule has 0 aliphatic heterocycles. The van der Waals surface area contributed by atoms with Crippen molar-refractivity contribution in [1.82, 2.24) is 10.2 Å². The number of para-hydroxylation sites is 1. The Labute approximate surface area is 192 Å². The van der Waals surface area contributed by atoms with Gasteiger partial charge in [-0.05, 0) is 49.6 Å². The van der Waals surface area contributed by atoms with Crippen LogP contribution in [0.5, 0.6) is 0 Å². The highest BCUT2D eigenvalue weighted by Gasteiger charge is 2.30. The average Bonchev–Trinajstić information content (AvgIpc) is 2.69. The highest BCUT2D eigenvalue weighted by molar-refractivity contribution is 9.10. The van der Waals surface area contributed by atoms with Gasteiger partial charge in [0.15, 0.2) is 0 Å². The summed E-state index contributed by atoms with van der Waals surface area (Å²) in [7, 11) is -2.24. The van der Waals surface area contributed by atoms with Gasteiger partial charge in [0, 0.05) is 18.1 Å². The maximum atomic E-state index is 13.4. The van der Waals surface area contributed by atoms with Crippen LogP contribution in [0.2, 0.25) is 0 Å². The number of benzene rings is 2. The lowest BCUT2D eigenvalue weighted by atomic mass is 10.1. The maximum Gasteiger partial charge on any atom is 0.244 e. The third-order valence-electron chi connectivity index (χ3n) is 5.02. The van der Waals surface area contributed by atoms with E-state index in [9.17, 15) is 18.0 Å². The number of carbonyl (C=O) groups excluding carboxylic acids is 2. The van der Waals surface area contributed by atoms with Gasteiger partial charge in [0.1, 0.15) is 12.6 Å². The lowest BCUT2D eigenvalue weighted by Gasteiger charge is -2.32. The smallest absolute Gasteiger partial charge is 0.244 e. The number of halogens is 1. The summed E-state index contributed by atoms with van der Waals surface area (Å²) in [6.07, 6.45) is 1.08. The third kappa shape index (κ3) is 6.30. The molecule has 0 bridgehead atoms. The summed E-state index contributed by atoms with van der Waals surface area (Å²) in [5, 5.41) is 2.56. The predicted molar refractivity (Wildman–Crippen MR) is 126 cm³/mol. The molecule has 2 aromatic carbocycles. The second-order valence-electron chi connectivity index (χ2n) is 7.45. The molecule has 9 heteroatoms.